The summed E-state index contributed by atoms with van der Waals surface area (Å²) in [6.07, 6.45) is 1.70. The second-order valence-electron chi connectivity index (χ2n) is 7.88. The van der Waals surface area contributed by atoms with E-state index in [0.717, 1.165) is 12.0 Å². The third-order valence-corrected chi connectivity index (χ3v) is 7.62. The van der Waals surface area contributed by atoms with Crippen molar-refractivity contribution in [2.75, 3.05) is 26.2 Å². The van der Waals surface area contributed by atoms with Gasteiger partial charge in [0, 0.05) is 32.2 Å². The molecule has 7 nitrogen and oxygen atoms in total. The molecule has 1 fully saturated rings. The first-order valence-corrected chi connectivity index (χ1v) is 12.3. The van der Waals surface area contributed by atoms with E-state index in [-0.39, 0.29) is 22.8 Å². The number of sulfonamides is 1. The normalized spacial score (nSPS) is 16.2. The van der Waals surface area contributed by atoms with Gasteiger partial charge < -0.3 is 10.1 Å². The molecule has 1 aliphatic heterocycles. The molecule has 1 amide bonds. The fraction of sp³-hybridized carbons (Fsp3) is 0.417. The minimum Gasteiger partial charge on any atom is -0.374 e. The molecular weight excluding hydrogens is 426 g/mol. The molecule has 1 N–H and O–H groups in total. The Morgan fingerprint density at radius 3 is 2.44 bits per heavy atom. The molecule has 1 heterocycles. The summed E-state index contributed by atoms with van der Waals surface area (Å²) in [5, 5.41) is 11.8. The first-order valence-electron chi connectivity index (χ1n) is 10.9. The van der Waals surface area contributed by atoms with Crippen LogP contribution in [0.1, 0.15) is 43.4 Å². The maximum absolute atomic E-state index is 12.8. The van der Waals surface area contributed by atoms with Gasteiger partial charge >= 0.3 is 0 Å². The predicted octanol–water partition coefficient (Wildman–Crippen LogP) is 3.24. The Morgan fingerprint density at radius 1 is 1.16 bits per heavy atom. The Labute approximate surface area is 190 Å². The molecule has 1 unspecified atom stereocenters. The predicted molar refractivity (Wildman–Crippen MR) is 121 cm³/mol. The van der Waals surface area contributed by atoms with Gasteiger partial charge in [-0.25, -0.2) is 8.42 Å². The molecule has 0 aliphatic carbocycles. The number of carbonyl (C=O) groups is 1. The SMILES string of the molecule is CC(OCCCNC(=O)C1CCN(S(=O)(=O)c2ccc(C#N)cc2)CC1)c1ccccc1. The highest BCUT2D eigenvalue weighted by Crippen LogP contribution is 2.24. The average Bonchev–Trinajstić information content (AvgIpc) is 2.84. The summed E-state index contributed by atoms with van der Waals surface area (Å²) in [5.41, 5.74) is 1.54. The third-order valence-electron chi connectivity index (χ3n) is 5.70. The lowest BCUT2D eigenvalue weighted by Gasteiger charge is -2.30. The lowest BCUT2D eigenvalue weighted by molar-refractivity contribution is -0.126. The Bertz CT molecular complexity index is 1030. The Hall–Kier alpha value is -2.73. The second kappa shape index (κ2) is 11.2. The van der Waals surface area contributed by atoms with Crippen LogP contribution in [0.25, 0.3) is 0 Å². The fourth-order valence-corrected chi connectivity index (χ4v) is 5.19. The van der Waals surface area contributed by atoms with Gasteiger partial charge in [-0.15, -0.1) is 0 Å². The molecular formula is C24H29N3O4S. The fourth-order valence-electron chi connectivity index (χ4n) is 3.72. The van der Waals surface area contributed by atoms with Gasteiger partial charge in [0.05, 0.1) is 22.6 Å². The van der Waals surface area contributed by atoms with E-state index in [1.807, 2.05) is 43.3 Å². The molecule has 3 rings (SSSR count). The van der Waals surface area contributed by atoms with Crippen LogP contribution in [0.15, 0.2) is 59.5 Å². The van der Waals surface area contributed by atoms with Crippen LogP contribution in [0.2, 0.25) is 0 Å². The van der Waals surface area contributed by atoms with Crippen molar-refractivity contribution in [2.45, 2.75) is 37.2 Å². The van der Waals surface area contributed by atoms with Crippen molar-refractivity contribution in [2.24, 2.45) is 5.92 Å². The van der Waals surface area contributed by atoms with Gasteiger partial charge in [0.25, 0.3) is 0 Å². The van der Waals surface area contributed by atoms with Crippen molar-refractivity contribution in [3.05, 3.63) is 65.7 Å². The first kappa shape index (κ1) is 23.9. The van der Waals surface area contributed by atoms with Gasteiger partial charge in [0.15, 0.2) is 0 Å². The van der Waals surface area contributed by atoms with Gasteiger partial charge in [0.1, 0.15) is 0 Å². The van der Waals surface area contributed by atoms with Crippen molar-refractivity contribution in [3.8, 4) is 6.07 Å². The summed E-state index contributed by atoms with van der Waals surface area (Å²) in [4.78, 5) is 12.6. The summed E-state index contributed by atoms with van der Waals surface area (Å²) in [5.74, 6) is -0.219. The van der Waals surface area contributed by atoms with Gasteiger partial charge in [0.2, 0.25) is 15.9 Å². The van der Waals surface area contributed by atoms with E-state index in [1.54, 1.807) is 0 Å². The van der Waals surface area contributed by atoms with Gasteiger partial charge in [-0.1, -0.05) is 30.3 Å². The number of nitrogens with zero attached hydrogens (tertiary/aromatic N) is 2. The number of amides is 1. The van der Waals surface area contributed by atoms with Crippen LogP contribution in [0.3, 0.4) is 0 Å². The minimum atomic E-state index is -3.62. The largest absolute Gasteiger partial charge is 0.374 e. The summed E-state index contributed by atoms with van der Waals surface area (Å²) in [7, 11) is -3.62. The van der Waals surface area contributed by atoms with E-state index in [2.05, 4.69) is 5.32 Å². The third kappa shape index (κ3) is 6.16. The molecule has 170 valence electrons. The van der Waals surface area contributed by atoms with E-state index in [1.165, 1.54) is 28.6 Å². The maximum atomic E-state index is 12.8. The van der Waals surface area contributed by atoms with E-state index < -0.39 is 10.0 Å². The monoisotopic (exact) mass is 455 g/mol. The van der Waals surface area contributed by atoms with E-state index >= 15 is 0 Å². The van der Waals surface area contributed by atoms with E-state index in [4.69, 9.17) is 10.00 Å². The van der Waals surface area contributed by atoms with Crippen LogP contribution in [-0.2, 0) is 19.6 Å². The maximum Gasteiger partial charge on any atom is 0.243 e. The number of benzene rings is 2. The van der Waals surface area contributed by atoms with Gasteiger partial charge in [-0.2, -0.15) is 9.57 Å². The number of hydrogen-bond acceptors (Lipinski definition) is 5. The number of hydrogen-bond donors (Lipinski definition) is 1. The van der Waals surface area contributed by atoms with Crippen LogP contribution in [0, 0.1) is 17.2 Å². The zero-order chi connectivity index (χ0) is 23.0. The highest BCUT2D eigenvalue weighted by molar-refractivity contribution is 7.89. The van der Waals surface area contributed by atoms with Crippen molar-refractivity contribution in [3.63, 3.8) is 0 Å². The average molecular weight is 456 g/mol. The van der Waals surface area contributed by atoms with Crippen LogP contribution >= 0.6 is 0 Å². The summed E-state index contributed by atoms with van der Waals surface area (Å²) in [6, 6.07) is 17.9. The van der Waals surface area contributed by atoms with Crippen LogP contribution in [-0.4, -0.2) is 44.9 Å². The molecule has 0 saturated carbocycles. The van der Waals surface area contributed by atoms with Gasteiger partial charge in [-0.05, 0) is 56.0 Å². The summed E-state index contributed by atoms with van der Waals surface area (Å²) >= 11 is 0. The molecule has 1 saturated heterocycles. The molecule has 8 heteroatoms. The second-order valence-corrected chi connectivity index (χ2v) is 9.82. The molecule has 1 atom stereocenters. The molecule has 0 aromatic heterocycles. The minimum absolute atomic E-state index is 0.00860. The first-order chi connectivity index (χ1) is 15.4. The van der Waals surface area contributed by atoms with Crippen molar-refractivity contribution in [1.29, 1.82) is 5.26 Å². The zero-order valence-electron chi connectivity index (χ0n) is 18.2. The van der Waals surface area contributed by atoms with E-state index in [0.29, 0.717) is 44.6 Å². The quantitative estimate of drug-likeness (QED) is 0.585. The standard InChI is InChI=1S/C24H29N3O4S/c1-19(21-6-3-2-4-7-21)31-17-5-14-26-24(28)22-12-15-27(16-13-22)32(29,30)23-10-8-20(18-25)9-11-23/h2-4,6-11,19,22H,5,12-17H2,1H3,(H,26,28). The number of piperidine rings is 1. The summed E-state index contributed by atoms with van der Waals surface area (Å²) in [6.45, 7) is 3.70. The van der Waals surface area contributed by atoms with Crippen LogP contribution in [0.4, 0.5) is 0 Å². The number of carbonyl (C=O) groups excluding carboxylic acids is 1. The number of nitriles is 1. The van der Waals surface area contributed by atoms with Gasteiger partial charge in [-0.3, -0.25) is 4.79 Å². The van der Waals surface area contributed by atoms with E-state index in [9.17, 15) is 13.2 Å². The molecule has 2 aromatic carbocycles. The molecule has 1 aliphatic rings. The number of nitrogens with one attached hydrogen (secondary N) is 1. The highest BCUT2D eigenvalue weighted by Gasteiger charge is 2.31. The summed E-state index contributed by atoms with van der Waals surface area (Å²) < 4.78 is 32.8. The lowest BCUT2D eigenvalue weighted by atomic mass is 9.97. The Morgan fingerprint density at radius 2 is 1.81 bits per heavy atom. The molecule has 0 radical (unpaired) electrons. The lowest BCUT2D eigenvalue weighted by Crippen LogP contribution is -2.43. The smallest absolute Gasteiger partial charge is 0.243 e. The van der Waals surface area contributed by atoms with Crippen molar-refractivity contribution in [1.82, 2.24) is 9.62 Å². The molecule has 0 bridgehead atoms. The van der Waals surface area contributed by atoms with Crippen molar-refractivity contribution >= 4 is 15.9 Å². The molecule has 0 spiro atoms. The Kier molecular flexibility index (Phi) is 8.39. The van der Waals surface area contributed by atoms with Crippen LogP contribution in [0.5, 0.6) is 0 Å². The number of ether oxygens (including phenoxy) is 1. The molecule has 2 aromatic rings. The topological polar surface area (TPSA) is 99.5 Å². The van der Waals surface area contributed by atoms with Crippen LogP contribution < -0.4 is 5.32 Å². The van der Waals surface area contributed by atoms with Crippen molar-refractivity contribution < 1.29 is 17.9 Å². The highest BCUT2D eigenvalue weighted by atomic mass is 32.2. The number of rotatable bonds is 9. The molecule has 32 heavy (non-hydrogen) atoms. The Balaban J connectivity index is 1.38. The zero-order valence-corrected chi connectivity index (χ0v) is 19.1.